The Balaban J connectivity index is 3.41. The van der Waals surface area contributed by atoms with E-state index in [4.69, 9.17) is 0 Å². The average molecular weight is 188 g/mol. The molecule has 6 heteroatoms. The highest BCUT2D eigenvalue weighted by Crippen LogP contribution is 1.75. The Kier molecular flexibility index (Phi) is 5.25. The molecule has 74 valence electrons. The summed E-state index contributed by atoms with van der Waals surface area (Å²) in [4.78, 5) is 31.4. The zero-order chi connectivity index (χ0) is 10.3. The van der Waals surface area contributed by atoms with Crippen LogP contribution in [0.3, 0.4) is 0 Å². The maximum absolute atomic E-state index is 10.8. The summed E-state index contributed by atoms with van der Waals surface area (Å²) in [5.74, 6) is -1.22. The van der Waals surface area contributed by atoms with Gasteiger partial charge in [0.2, 0.25) is 5.91 Å². The quantitative estimate of drug-likeness (QED) is 0.427. The number of hydrogen-bond acceptors (Lipinski definition) is 4. The van der Waals surface area contributed by atoms with Crippen LogP contribution in [-0.2, 0) is 19.1 Å². The van der Waals surface area contributed by atoms with E-state index in [1.165, 1.54) is 13.8 Å². The smallest absolute Gasteiger partial charge is 0.303 e. The van der Waals surface area contributed by atoms with Gasteiger partial charge in [-0.05, 0) is 0 Å². The van der Waals surface area contributed by atoms with E-state index in [2.05, 4.69) is 15.4 Å². The molecule has 0 atom stereocenters. The molecule has 0 aliphatic heterocycles. The Morgan fingerprint density at radius 1 is 1.15 bits per heavy atom. The van der Waals surface area contributed by atoms with Crippen LogP contribution in [0.15, 0.2) is 0 Å². The third-order valence-corrected chi connectivity index (χ3v) is 1.03. The summed E-state index contributed by atoms with van der Waals surface area (Å²) < 4.78 is 4.40. The molecule has 0 aliphatic rings. The van der Waals surface area contributed by atoms with E-state index in [9.17, 15) is 14.4 Å². The van der Waals surface area contributed by atoms with Gasteiger partial charge >= 0.3 is 5.97 Å². The van der Waals surface area contributed by atoms with Crippen LogP contribution in [0.1, 0.15) is 13.8 Å². The van der Waals surface area contributed by atoms with Crippen LogP contribution in [0.2, 0.25) is 0 Å². The molecule has 0 bridgehead atoms. The highest BCUT2D eigenvalue weighted by atomic mass is 16.5. The lowest BCUT2D eigenvalue weighted by Gasteiger charge is -2.04. The highest BCUT2D eigenvalue weighted by Gasteiger charge is 2.02. The van der Waals surface area contributed by atoms with Crippen molar-refractivity contribution >= 4 is 17.8 Å². The van der Waals surface area contributed by atoms with Crippen molar-refractivity contribution in [3.8, 4) is 0 Å². The summed E-state index contributed by atoms with van der Waals surface area (Å²) in [6.45, 7) is 2.25. The second-order valence-electron chi connectivity index (χ2n) is 2.29. The molecule has 13 heavy (non-hydrogen) atoms. The van der Waals surface area contributed by atoms with Gasteiger partial charge in [0.25, 0.3) is 5.91 Å². The summed E-state index contributed by atoms with van der Waals surface area (Å²) in [6.07, 6.45) is 0. The Morgan fingerprint density at radius 2 is 1.77 bits per heavy atom. The van der Waals surface area contributed by atoms with E-state index in [0.29, 0.717) is 0 Å². The molecule has 6 nitrogen and oxygen atoms in total. The summed E-state index contributed by atoms with van der Waals surface area (Å²) in [7, 11) is 0. The Morgan fingerprint density at radius 3 is 2.23 bits per heavy atom. The van der Waals surface area contributed by atoms with Gasteiger partial charge in [-0.2, -0.15) is 0 Å². The second kappa shape index (κ2) is 5.99. The van der Waals surface area contributed by atoms with Gasteiger partial charge in [0.15, 0.2) is 6.61 Å². The second-order valence-corrected chi connectivity index (χ2v) is 2.29. The Hall–Kier alpha value is -1.59. The van der Waals surface area contributed by atoms with E-state index in [-0.39, 0.29) is 19.2 Å². The van der Waals surface area contributed by atoms with E-state index in [0.717, 1.165) is 0 Å². The van der Waals surface area contributed by atoms with Crippen molar-refractivity contribution in [2.24, 2.45) is 0 Å². The lowest BCUT2D eigenvalue weighted by Crippen LogP contribution is -2.38. The molecular formula is C7H12N2O4. The number of carbonyl (C=O) groups is 3. The zero-order valence-electron chi connectivity index (χ0n) is 7.55. The number of esters is 1. The van der Waals surface area contributed by atoms with Gasteiger partial charge in [-0.3, -0.25) is 14.4 Å². The predicted octanol–water partition coefficient (Wildman–Crippen LogP) is -1.24. The van der Waals surface area contributed by atoms with Crippen molar-refractivity contribution < 1.29 is 19.1 Å². The van der Waals surface area contributed by atoms with Crippen molar-refractivity contribution in [2.45, 2.75) is 13.8 Å². The number of hydrogen-bond donors (Lipinski definition) is 2. The minimum Gasteiger partial charge on any atom is -0.456 e. The predicted molar refractivity (Wildman–Crippen MR) is 43.5 cm³/mol. The van der Waals surface area contributed by atoms with Crippen LogP contribution in [0.5, 0.6) is 0 Å². The monoisotopic (exact) mass is 188 g/mol. The lowest BCUT2D eigenvalue weighted by molar-refractivity contribution is -0.146. The topological polar surface area (TPSA) is 84.5 Å². The summed E-state index contributed by atoms with van der Waals surface area (Å²) in [6, 6.07) is 0. The van der Waals surface area contributed by atoms with Gasteiger partial charge in [0.05, 0.1) is 6.67 Å². The fourth-order valence-corrected chi connectivity index (χ4v) is 0.485. The Labute approximate surface area is 75.6 Å². The summed E-state index contributed by atoms with van der Waals surface area (Å²) in [5.41, 5.74) is 0. The molecule has 0 radical (unpaired) electrons. The maximum Gasteiger partial charge on any atom is 0.303 e. The normalized spacial score (nSPS) is 8.77. The lowest BCUT2D eigenvalue weighted by atomic mass is 10.6. The first-order valence-electron chi connectivity index (χ1n) is 3.67. The molecule has 0 saturated heterocycles. The molecular weight excluding hydrogens is 176 g/mol. The van der Waals surface area contributed by atoms with E-state index in [1.807, 2.05) is 0 Å². The first kappa shape index (κ1) is 11.4. The summed E-state index contributed by atoms with van der Waals surface area (Å²) in [5, 5.41) is 4.67. The van der Waals surface area contributed by atoms with Gasteiger partial charge in [0, 0.05) is 13.8 Å². The number of carbonyl (C=O) groups excluding carboxylic acids is 3. The molecule has 0 aromatic carbocycles. The zero-order valence-corrected chi connectivity index (χ0v) is 7.55. The van der Waals surface area contributed by atoms with Crippen molar-refractivity contribution in [3.05, 3.63) is 0 Å². The van der Waals surface area contributed by atoms with Crippen molar-refractivity contribution in [3.63, 3.8) is 0 Å². The van der Waals surface area contributed by atoms with Crippen molar-refractivity contribution in [1.82, 2.24) is 10.6 Å². The Bertz CT molecular complexity index is 215. The molecule has 0 rings (SSSR count). The van der Waals surface area contributed by atoms with E-state index in [1.54, 1.807) is 0 Å². The van der Waals surface area contributed by atoms with Crippen LogP contribution >= 0.6 is 0 Å². The minimum absolute atomic E-state index is 0.0371. The first-order chi connectivity index (χ1) is 6.02. The van der Waals surface area contributed by atoms with Crippen LogP contribution in [-0.4, -0.2) is 31.1 Å². The molecule has 0 aromatic rings. The van der Waals surface area contributed by atoms with Gasteiger partial charge in [0.1, 0.15) is 0 Å². The number of amides is 2. The largest absolute Gasteiger partial charge is 0.456 e. The number of rotatable bonds is 4. The van der Waals surface area contributed by atoms with Crippen molar-refractivity contribution in [2.75, 3.05) is 13.3 Å². The van der Waals surface area contributed by atoms with Crippen LogP contribution in [0, 0.1) is 0 Å². The third kappa shape index (κ3) is 8.32. The average Bonchev–Trinajstić information content (AvgIpc) is 2.00. The van der Waals surface area contributed by atoms with Crippen LogP contribution < -0.4 is 10.6 Å². The minimum atomic E-state index is -0.519. The van der Waals surface area contributed by atoms with Gasteiger partial charge in [-0.1, -0.05) is 0 Å². The van der Waals surface area contributed by atoms with E-state index < -0.39 is 11.9 Å². The highest BCUT2D eigenvalue weighted by molar-refractivity contribution is 5.80. The molecule has 0 spiro atoms. The fourth-order valence-electron chi connectivity index (χ4n) is 0.485. The standard InChI is InChI=1S/C7H12N2O4/c1-5(10)8-4-9-7(12)3-13-6(2)11/h3-4H2,1-2H3,(H,8,10)(H,9,12). The fraction of sp³-hybridized carbons (Fsp3) is 0.571. The molecule has 2 N–H and O–H groups in total. The maximum atomic E-state index is 10.8. The first-order valence-corrected chi connectivity index (χ1v) is 3.67. The number of ether oxygens (including phenoxy) is 1. The van der Waals surface area contributed by atoms with Gasteiger partial charge in [-0.15, -0.1) is 0 Å². The summed E-state index contributed by atoms with van der Waals surface area (Å²) >= 11 is 0. The molecule has 2 amide bonds. The number of nitrogens with one attached hydrogen (secondary N) is 2. The molecule has 0 saturated carbocycles. The molecule has 0 fully saturated rings. The molecule has 0 heterocycles. The third-order valence-electron chi connectivity index (χ3n) is 1.03. The molecule has 0 aliphatic carbocycles. The van der Waals surface area contributed by atoms with Crippen LogP contribution in [0.25, 0.3) is 0 Å². The van der Waals surface area contributed by atoms with Crippen molar-refractivity contribution in [1.29, 1.82) is 0 Å². The van der Waals surface area contributed by atoms with Gasteiger partial charge in [-0.25, -0.2) is 0 Å². The SMILES string of the molecule is CC(=O)NCNC(=O)COC(C)=O. The molecule has 0 aromatic heterocycles. The van der Waals surface area contributed by atoms with E-state index >= 15 is 0 Å². The molecule has 0 unspecified atom stereocenters. The van der Waals surface area contributed by atoms with Gasteiger partial charge < -0.3 is 15.4 Å². The van der Waals surface area contributed by atoms with Crippen LogP contribution in [0.4, 0.5) is 0 Å².